The van der Waals surface area contributed by atoms with Crippen LogP contribution in [0.5, 0.6) is 0 Å². The first kappa shape index (κ1) is 25.7. The molecular weight excluding hydrogens is 430 g/mol. The highest BCUT2D eigenvalue weighted by Gasteiger charge is 2.24. The summed E-state index contributed by atoms with van der Waals surface area (Å²) >= 11 is 0. The first-order chi connectivity index (χ1) is 15.8. The SMILES string of the molecule is CN=C(N)NCCC[C@H](NC(=O)[C@@H](N)Cc1ccc(F)c(F)c1)C(=O)NCc1ccccc1. The van der Waals surface area contributed by atoms with Gasteiger partial charge in [-0.05, 0) is 42.5 Å². The number of nitrogens with two attached hydrogens (primary N) is 2. The van der Waals surface area contributed by atoms with Crippen molar-refractivity contribution in [1.82, 2.24) is 16.0 Å². The number of hydrogen-bond acceptors (Lipinski definition) is 4. The van der Waals surface area contributed by atoms with Gasteiger partial charge in [-0.3, -0.25) is 14.6 Å². The van der Waals surface area contributed by atoms with Crippen LogP contribution in [0.1, 0.15) is 24.0 Å². The molecule has 0 saturated heterocycles. The van der Waals surface area contributed by atoms with Crippen LogP contribution >= 0.6 is 0 Å². The van der Waals surface area contributed by atoms with E-state index in [9.17, 15) is 18.4 Å². The quantitative estimate of drug-likeness (QED) is 0.193. The lowest BCUT2D eigenvalue weighted by Gasteiger charge is -2.21. The fraction of sp³-hybridized carbons (Fsp3) is 0.348. The minimum Gasteiger partial charge on any atom is -0.370 e. The molecule has 0 radical (unpaired) electrons. The van der Waals surface area contributed by atoms with Crippen LogP contribution in [0.3, 0.4) is 0 Å². The Kier molecular flexibility index (Phi) is 10.2. The van der Waals surface area contributed by atoms with E-state index in [-0.39, 0.29) is 18.3 Å². The molecule has 7 N–H and O–H groups in total. The van der Waals surface area contributed by atoms with Crippen molar-refractivity contribution in [1.29, 1.82) is 0 Å². The molecule has 178 valence electrons. The van der Waals surface area contributed by atoms with Gasteiger partial charge in [0.25, 0.3) is 0 Å². The highest BCUT2D eigenvalue weighted by Crippen LogP contribution is 2.10. The van der Waals surface area contributed by atoms with Gasteiger partial charge in [-0.15, -0.1) is 0 Å². The normalized spacial score (nSPS) is 13.2. The topological polar surface area (TPSA) is 135 Å². The highest BCUT2D eigenvalue weighted by molar-refractivity contribution is 5.89. The van der Waals surface area contributed by atoms with E-state index in [0.29, 0.717) is 31.5 Å². The fourth-order valence-corrected chi connectivity index (χ4v) is 3.07. The predicted molar refractivity (Wildman–Crippen MR) is 123 cm³/mol. The number of benzene rings is 2. The van der Waals surface area contributed by atoms with Gasteiger partial charge in [-0.2, -0.15) is 0 Å². The van der Waals surface area contributed by atoms with E-state index in [0.717, 1.165) is 17.7 Å². The first-order valence-electron chi connectivity index (χ1n) is 10.6. The summed E-state index contributed by atoms with van der Waals surface area (Å²) in [6.45, 7) is 0.767. The summed E-state index contributed by atoms with van der Waals surface area (Å²) in [5, 5.41) is 8.38. The van der Waals surface area contributed by atoms with Crippen molar-refractivity contribution in [2.45, 2.75) is 37.9 Å². The van der Waals surface area contributed by atoms with Crippen molar-refractivity contribution < 1.29 is 18.4 Å². The van der Waals surface area contributed by atoms with Gasteiger partial charge in [-0.25, -0.2) is 8.78 Å². The molecule has 0 fully saturated rings. The number of halogens is 2. The van der Waals surface area contributed by atoms with E-state index >= 15 is 0 Å². The Hall–Kier alpha value is -3.53. The third-order valence-corrected chi connectivity index (χ3v) is 4.94. The van der Waals surface area contributed by atoms with Gasteiger partial charge in [0.15, 0.2) is 17.6 Å². The second kappa shape index (κ2) is 13.1. The van der Waals surface area contributed by atoms with Gasteiger partial charge in [0.05, 0.1) is 6.04 Å². The zero-order chi connectivity index (χ0) is 24.2. The molecule has 0 bridgehead atoms. The Morgan fingerprint density at radius 2 is 1.73 bits per heavy atom. The van der Waals surface area contributed by atoms with Crippen LogP contribution in [0.15, 0.2) is 53.5 Å². The van der Waals surface area contributed by atoms with Crippen molar-refractivity contribution in [2.75, 3.05) is 13.6 Å². The van der Waals surface area contributed by atoms with E-state index in [1.807, 2.05) is 30.3 Å². The predicted octanol–water partition coefficient (Wildman–Crippen LogP) is 0.950. The van der Waals surface area contributed by atoms with Crippen molar-refractivity contribution >= 4 is 17.8 Å². The Labute approximate surface area is 191 Å². The van der Waals surface area contributed by atoms with Gasteiger partial charge in [-0.1, -0.05) is 36.4 Å². The van der Waals surface area contributed by atoms with Crippen molar-refractivity contribution in [3.63, 3.8) is 0 Å². The van der Waals surface area contributed by atoms with Crippen LogP contribution < -0.4 is 27.4 Å². The molecule has 2 aromatic rings. The number of hydrogen-bond donors (Lipinski definition) is 5. The van der Waals surface area contributed by atoms with Crippen molar-refractivity contribution in [3.8, 4) is 0 Å². The summed E-state index contributed by atoms with van der Waals surface area (Å²) in [5.74, 6) is -2.64. The van der Waals surface area contributed by atoms with Gasteiger partial charge in [0, 0.05) is 20.1 Å². The van der Waals surface area contributed by atoms with Gasteiger partial charge >= 0.3 is 0 Å². The molecule has 33 heavy (non-hydrogen) atoms. The summed E-state index contributed by atoms with van der Waals surface area (Å²) in [5.41, 5.74) is 12.8. The maximum Gasteiger partial charge on any atom is 0.242 e. The minimum atomic E-state index is -1.04. The molecule has 2 aromatic carbocycles. The molecule has 10 heteroatoms. The molecule has 0 aromatic heterocycles. The summed E-state index contributed by atoms with van der Waals surface area (Å²) in [6.07, 6.45) is 0.846. The molecule has 0 unspecified atom stereocenters. The lowest BCUT2D eigenvalue weighted by atomic mass is 10.0. The Morgan fingerprint density at radius 1 is 1.00 bits per heavy atom. The molecule has 0 aliphatic rings. The van der Waals surface area contributed by atoms with Crippen LogP contribution in [0.2, 0.25) is 0 Å². The average Bonchev–Trinajstić information content (AvgIpc) is 2.82. The van der Waals surface area contributed by atoms with Gasteiger partial charge < -0.3 is 27.4 Å². The zero-order valence-corrected chi connectivity index (χ0v) is 18.5. The van der Waals surface area contributed by atoms with E-state index in [4.69, 9.17) is 11.5 Å². The van der Waals surface area contributed by atoms with Crippen molar-refractivity contribution in [3.05, 3.63) is 71.3 Å². The van der Waals surface area contributed by atoms with Crippen LogP contribution in [0, 0.1) is 11.6 Å². The summed E-state index contributed by atoms with van der Waals surface area (Å²) < 4.78 is 26.6. The summed E-state index contributed by atoms with van der Waals surface area (Å²) in [6, 6.07) is 10.8. The number of aliphatic imine (C=N–C) groups is 1. The molecule has 0 aliphatic heterocycles. The Morgan fingerprint density at radius 3 is 2.39 bits per heavy atom. The van der Waals surface area contributed by atoms with E-state index in [2.05, 4.69) is 20.9 Å². The number of nitrogens with one attached hydrogen (secondary N) is 3. The molecule has 0 aliphatic carbocycles. The number of carbonyl (C=O) groups is 2. The number of guanidine groups is 1. The molecular formula is C23H30F2N6O2. The molecule has 2 rings (SSSR count). The second-order valence-corrected chi connectivity index (χ2v) is 7.50. The van der Waals surface area contributed by atoms with Gasteiger partial charge in [0.2, 0.25) is 11.8 Å². The number of carbonyl (C=O) groups excluding carboxylic acids is 2. The van der Waals surface area contributed by atoms with Crippen LogP contribution in [0.4, 0.5) is 8.78 Å². The molecule has 2 amide bonds. The highest BCUT2D eigenvalue weighted by atomic mass is 19.2. The molecule has 0 heterocycles. The molecule has 2 atom stereocenters. The molecule has 0 saturated carbocycles. The third-order valence-electron chi connectivity index (χ3n) is 4.94. The average molecular weight is 461 g/mol. The van der Waals surface area contributed by atoms with Crippen LogP contribution in [-0.2, 0) is 22.6 Å². The zero-order valence-electron chi connectivity index (χ0n) is 18.5. The maximum atomic E-state index is 13.4. The Bertz CT molecular complexity index is 955. The number of rotatable bonds is 11. The number of amides is 2. The third kappa shape index (κ3) is 8.85. The van der Waals surface area contributed by atoms with Crippen molar-refractivity contribution in [2.24, 2.45) is 16.5 Å². The minimum absolute atomic E-state index is 0.00750. The lowest BCUT2D eigenvalue weighted by molar-refractivity contribution is -0.129. The van der Waals surface area contributed by atoms with Crippen LogP contribution in [0.25, 0.3) is 0 Å². The van der Waals surface area contributed by atoms with Gasteiger partial charge in [0.1, 0.15) is 6.04 Å². The Balaban J connectivity index is 1.98. The fourth-order valence-electron chi connectivity index (χ4n) is 3.07. The lowest BCUT2D eigenvalue weighted by Crippen LogP contribution is -2.52. The second-order valence-electron chi connectivity index (χ2n) is 7.50. The van der Waals surface area contributed by atoms with E-state index in [1.165, 1.54) is 6.07 Å². The van der Waals surface area contributed by atoms with Crippen LogP contribution in [-0.4, -0.2) is 43.5 Å². The first-order valence-corrected chi connectivity index (χ1v) is 10.6. The van der Waals surface area contributed by atoms with E-state index in [1.54, 1.807) is 7.05 Å². The van der Waals surface area contributed by atoms with E-state index < -0.39 is 29.6 Å². The molecule has 0 spiro atoms. The molecule has 8 nitrogen and oxygen atoms in total. The largest absolute Gasteiger partial charge is 0.370 e. The smallest absolute Gasteiger partial charge is 0.242 e. The summed E-state index contributed by atoms with van der Waals surface area (Å²) in [7, 11) is 1.55. The monoisotopic (exact) mass is 460 g/mol. The summed E-state index contributed by atoms with van der Waals surface area (Å²) in [4.78, 5) is 29.2. The standard InChI is InChI=1S/C23H30F2N6O2/c1-28-23(27)29-11-5-8-20(22(33)30-14-15-6-3-2-4-7-15)31-21(32)19(26)13-16-9-10-17(24)18(25)12-16/h2-4,6-7,9-10,12,19-20H,5,8,11,13-14,26H2,1H3,(H,30,33)(H,31,32)(H3,27,28,29)/t19-,20-/m0/s1. The number of nitrogens with zero attached hydrogens (tertiary/aromatic N) is 1. The maximum absolute atomic E-state index is 13.4.